The number of halogens is 1. The van der Waals surface area contributed by atoms with Crippen LogP contribution in [0.1, 0.15) is 36.0 Å². The zero-order chi connectivity index (χ0) is 17.9. The quantitative estimate of drug-likeness (QED) is 0.835. The highest BCUT2D eigenvalue weighted by molar-refractivity contribution is 5.94. The molecule has 0 aliphatic carbocycles. The van der Waals surface area contributed by atoms with Gasteiger partial charge in [-0.25, -0.2) is 4.39 Å². The van der Waals surface area contributed by atoms with Crippen molar-refractivity contribution in [1.29, 1.82) is 0 Å². The van der Waals surface area contributed by atoms with E-state index in [0.29, 0.717) is 0 Å². The van der Waals surface area contributed by atoms with Gasteiger partial charge in [-0.05, 0) is 64.3 Å². The molecule has 1 amide bonds. The average molecular weight is 348 g/mol. The second-order valence-electron chi connectivity index (χ2n) is 7.83. The molecule has 138 valence electrons. The van der Waals surface area contributed by atoms with Gasteiger partial charge in [0, 0.05) is 32.4 Å². The minimum absolute atomic E-state index is 0.149. The van der Waals surface area contributed by atoms with Crippen LogP contribution in [0.5, 0.6) is 0 Å². The molecule has 1 spiro atoms. The molecule has 6 heteroatoms. The molecule has 3 heterocycles. The Bertz CT molecular complexity index is 599. The number of likely N-dealkylation sites (tertiary alicyclic amines) is 2. The highest BCUT2D eigenvalue weighted by Gasteiger charge is 2.40. The van der Waals surface area contributed by atoms with Crippen molar-refractivity contribution in [1.82, 2.24) is 19.7 Å². The zero-order valence-corrected chi connectivity index (χ0v) is 15.4. The fourth-order valence-corrected chi connectivity index (χ4v) is 4.10. The maximum Gasteiger partial charge on any atom is 0.256 e. The number of rotatable bonds is 4. The van der Waals surface area contributed by atoms with Gasteiger partial charge in [-0.3, -0.25) is 9.78 Å². The van der Waals surface area contributed by atoms with Gasteiger partial charge in [0.05, 0.1) is 11.8 Å². The number of hydrogen-bond acceptors (Lipinski definition) is 4. The van der Waals surface area contributed by atoms with E-state index in [1.165, 1.54) is 18.7 Å². The summed E-state index contributed by atoms with van der Waals surface area (Å²) in [6.45, 7) is 5.87. The number of carbonyl (C=O) groups is 1. The molecule has 0 unspecified atom stereocenters. The van der Waals surface area contributed by atoms with Crippen molar-refractivity contribution >= 4 is 5.91 Å². The second-order valence-corrected chi connectivity index (χ2v) is 7.83. The number of hydrogen-bond donors (Lipinski definition) is 0. The topological polar surface area (TPSA) is 39.7 Å². The molecular formula is C19H29FN4O. The molecule has 25 heavy (non-hydrogen) atoms. The summed E-state index contributed by atoms with van der Waals surface area (Å²) in [6, 6.07) is 1.49. The largest absolute Gasteiger partial charge is 0.338 e. The van der Waals surface area contributed by atoms with Crippen molar-refractivity contribution in [3.05, 3.63) is 29.8 Å². The first-order chi connectivity index (χ1) is 12.0. The van der Waals surface area contributed by atoms with Gasteiger partial charge in [-0.1, -0.05) is 0 Å². The maximum atomic E-state index is 13.9. The lowest BCUT2D eigenvalue weighted by Gasteiger charge is -2.47. The smallest absolute Gasteiger partial charge is 0.256 e. The number of aromatic nitrogens is 1. The van der Waals surface area contributed by atoms with Gasteiger partial charge in [0.2, 0.25) is 0 Å². The van der Waals surface area contributed by atoms with Gasteiger partial charge < -0.3 is 14.7 Å². The first-order valence-electron chi connectivity index (χ1n) is 9.25. The van der Waals surface area contributed by atoms with E-state index in [-0.39, 0.29) is 16.9 Å². The fourth-order valence-electron chi connectivity index (χ4n) is 4.10. The number of carbonyl (C=O) groups excluding carboxylic acids is 1. The molecule has 1 aromatic rings. The van der Waals surface area contributed by atoms with E-state index in [4.69, 9.17) is 0 Å². The highest BCUT2D eigenvalue weighted by Crippen LogP contribution is 2.40. The first kappa shape index (κ1) is 18.3. The molecule has 2 aliphatic heterocycles. The minimum Gasteiger partial charge on any atom is -0.338 e. The normalized spacial score (nSPS) is 21.0. The van der Waals surface area contributed by atoms with Crippen molar-refractivity contribution in [3.8, 4) is 0 Å². The Morgan fingerprint density at radius 2 is 2.04 bits per heavy atom. The first-order valence-corrected chi connectivity index (χ1v) is 9.25. The number of likely N-dealkylation sites (N-methyl/N-ethyl adjacent to an activating group) is 1. The van der Waals surface area contributed by atoms with E-state index in [0.717, 1.165) is 64.7 Å². The van der Waals surface area contributed by atoms with Crippen molar-refractivity contribution in [2.75, 3.05) is 53.4 Å². The van der Waals surface area contributed by atoms with Gasteiger partial charge >= 0.3 is 0 Å². The monoisotopic (exact) mass is 348 g/mol. The molecule has 5 nitrogen and oxygen atoms in total. The Labute approximate surface area is 149 Å². The number of nitrogens with zero attached hydrogens (tertiary/aromatic N) is 4. The molecule has 2 fully saturated rings. The molecule has 3 rings (SSSR count). The van der Waals surface area contributed by atoms with Gasteiger partial charge in [0.15, 0.2) is 5.82 Å². The molecule has 0 N–H and O–H groups in total. The second kappa shape index (κ2) is 7.79. The summed E-state index contributed by atoms with van der Waals surface area (Å²) in [5, 5.41) is 0. The van der Waals surface area contributed by atoms with E-state index in [1.54, 1.807) is 0 Å². The maximum absolute atomic E-state index is 13.9. The lowest BCUT2D eigenvalue weighted by molar-refractivity contribution is 0.0201. The molecule has 0 aromatic carbocycles. The van der Waals surface area contributed by atoms with Crippen molar-refractivity contribution in [3.63, 3.8) is 0 Å². The summed E-state index contributed by atoms with van der Waals surface area (Å²) in [6.07, 6.45) is 7.05. The Hall–Kier alpha value is -1.53. The zero-order valence-electron chi connectivity index (χ0n) is 15.4. The van der Waals surface area contributed by atoms with Crippen molar-refractivity contribution in [2.24, 2.45) is 5.41 Å². The van der Waals surface area contributed by atoms with Gasteiger partial charge in [-0.15, -0.1) is 0 Å². The van der Waals surface area contributed by atoms with E-state index >= 15 is 0 Å². The van der Waals surface area contributed by atoms with Crippen LogP contribution in [-0.2, 0) is 0 Å². The molecule has 0 radical (unpaired) electrons. The predicted molar refractivity (Wildman–Crippen MR) is 96.0 cm³/mol. The van der Waals surface area contributed by atoms with Crippen LogP contribution in [0.15, 0.2) is 18.5 Å². The molecule has 2 aliphatic rings. The van der Waals surface area contributed by atoms with Crippen LogP contribution in [0.2, 0.25) is 0 Å². The summed E-state index contributed by atoms with van der Waals surface area (Å²) in [4.78, 5) is 23.1. The van der Waals surface area contributed by atoms with Gasteiger partial charge in [0.1, 0.15) is 0 Å². The van der Waals surface area contributed by atoms with E-state index in [2.05, 4.69) is 28.9 Å². The van der Waals surface area contributed by atoms with Crippen LogP contribution < -0.4 is 0 Å². The van der Waals surface area contributed by atoms with E-state index in [9.17, 15) is 9.18 Å². The van der Waals surface area contributed by atoms with Crippen LogP contribution in [0, 0.1) is 11.2 Å². The molecule has 0 atom stereocenters. The number of piperidine rings is 2. The molecule has 0 bridgehead atoms. The highest BCUT2D eigenvalue weighted by atomic mass is 19.1. The average Bonchev–Trinajstić information content (AvgIpc) is 2.61. The van der Waals surface area contributed by atoms with Crippen LogP contribution in [0.25, 0.3) is 0 Å². The van der Waals surface area contributed by atoms with Gasteiger partial charge in [-0.2, -0.15) is 0 Å². The Balaban J connectivity index is 1.60. The van der Waals surface area contributed by atoms with Crippen molar-refractivity contribution in [2.45, 2.75) is 25.7 Å². The molecule has 2 saturated heterocycles. The Morgan fingerprint density at radius 3 is 2.72 bits per heavy atom. The van der Waals surface area contributed by atoms with Crippen molar-refractivity contribution < 1.29 is 9.18 Å². The molecule has 0 saturated carbocycles. The number of pyridine rings is 1. The summed E-state index contributed by atoms with van der Waals surface area (Å²) in [5.74, 6) is -0.709. The Kier molecular flexibility index (Phi) is 5.69. The Morgan fingerprint density at radius 1 is 1.28 bits per heavy atom. The van der Waals surface area contributed by atoms with Crippen LogP contribution in [0.4, 0.5) is 4.39 Å². The fraction of sp³-hybridized carbons (Fsp3) is 0.684. The SMILES string of the molecule is CN(C)CCN1CCC2(CCCN(C(=O)c3ccncc3F)C2)CC1. The summed E-state index contributed by atoms with van der Waals surface area (Å²) in [5.41, 5.74) is 0.363. The van der Waals surface area contributed by atoms with Crippen LogP contribution >= 0.6 is 0 Å². The summed E-state index contributed by atoms with van der Waals surface area (Å²) in [7, 11) is 4.21. The third-order valence-electron chi connectivity index (χ3n) is 5.73. The number of amides is 1. The lowest BCUT2D eigenvalue weighted by Crippen LogP contribution is -2.51. The van der Waals surface area contributed by atoms with E-state index < -0.39 is 5.82 Å². The van der Waals surface area contributed by atoms with Crippen LogP contribution in [0.3, 0.4) is 0 Å². The minimum atomic E-state index is -0.523. The van der Waals surface area contributed by atoms with E-state index in [1.807, 2.05) is 4.90 Å². The summed E-state index contributed by atoms with van der Waals surface area (Å²) >= 11 is 0. The predicted octanol–water partition coefficient (Wildman–Crippen LogP) is 2.10. The third-order valence-corrected chi connectivity index (χ3v) is 5.73. The molecule has 1 aromatic heterocycles. The third kappa shape index (κ3) is 4.36. The lowest BCUT2D eigenvalue weighted by atomic mass is 9.72. The van der Waals surface area contributed by atoms with Gasteiger partial charge in [0.25, 0.3) is 5.91 Å². The van der Waals surface area contributed by atoms with Crippen LogP contribution in [-0.4, -0.2) is 79.0 Å². The molecular weight excluding hydrogens is 319 g/mol. The summed E-state index contributed by atoms with van der Waals surface area (Å²) < 4.78 is 13.9. The standard InChI is InChI=1S/C19H29FN4O/c1-22(2)12-13-23-10-6-19(7-11-23)5-3-9-24(15-19)18(25)16-4-8-21-14-17(16)20/h4,8,14H,3,5-7,9-13,15H2,1-2H3.